The molecule has 1 aromatic rings. The van der Waals surface area contributed by atoms with Crippen LogP contribution in [-0.2, 0) is 4.79 Å². The van der Waals surface area contributed by atoms with Gasteiger partial charge in [-0.2, -0.15) is 0 Å². The first-order valence-electron chi connectivity index (χ1n) is 9.33. The maximum absolute atomic E-state index is 12.6. The zero-order valence-electron chi connectivity index (χ0n) is 15.2. The molecule has 1 aromatic carbocycles. The van der Waals surface area contributed by atoms with Gasteiger partial charge in [0, 0.05) is 58.3 Å². The van der Waals surface area contributed by atoms with Gasteiger partial charge >= 0.3 is 0 Å². The minimum absolute atomic E-state index is 0. The summed E-state index contributed by atoms with van der Waals surface area (Å²) in [4.78, 5) is 42.8. The van der Waals surface area contributed by atoms with Gasteiger partial charge in [0.15, 0.2) is 0 Å². The Morgan fingerprint density at radius 2 is 1.67 bits per heavy atom. The van der Waals surface area contributed by atoms with Crippen molar-refractivity contribution in [2.75, 3.05) is 45.8 Å². The van der Waals surface area contributed by atoms with Crippen molar-refractivity contribution in [2.24, 2.45) is 0 Å². The lowest BCUT2D eigenvalue weighted by molar-refractivity contribution is -0.130. The topological polar surface area (TPSA) is 73.0 Å². The van der Waals surface area contributed by atoms with E-state index in [4.69, 9.17) is 0 Å². The van der Waals surface area contributed by atoms with E-state index in [0.717, 1.165) is 45.7 Å². The van der Waals surface area contributed by atoms with Crippen molar-refractivity contribution in [3.8, 4) is 0 Å². The lowest BCUT2D eigenvalue weighted by Gasteiger charge is -2.32. The molecule has 2 saturated heterocycles. The molecule has 0 aromatic heterocycles. The van der Waals surface area contributed by atoms with Gasteiger partial charge in [-0.25, -0.2) is 0 Å². The quantitative estimate of drug-likeness (QED) is 0.760. The molecular weight excluding hydrogens is 368 g/mol. The van der Waals surface area contributed by atoms with E-state index in [1.54, 1.807) is 24.3 Å². The third-order valence-corrected chi connectivity index (χ3v) is 5.61. The van der Waals surface area contributed by atoms with Crippen LogP contribution in [0, 0.1) is 0 Å². The van der Waals surface area contributed by atoms with E-state index in [0.29, 0.717) is 17.2 Å². The number of piperazine rings is 1. The Hall–Kier alpha value is -1.96. The van der Waals surface area contributed by atoms with Crippen LogP contribution in [0.2, 0.25) is 0 Å². The molecule has 0 aliphatic carbocycles. The number of benzene rings is 1. The SMILES string of the molecule is Cl.O=C(CCN1C(=O)c2ccccc2C1=O)N1CCC(N2CCNCC2)C1. The van der Waals surface area contributed by atoms with E-state index in [1.807, 2.05) is 4.90 Å². The van der Waals surface area contributed by atoms with Crippen LogP contribution in [0.15, 0.2) is 24.3 Å². The van der Waals surface area contributed by atoms with Crippen LogP contribution < -0.4 is 5.32 Å². The minimum Gasteiger partial charge on any atom is -0.341 e. The third-order valence-electron chi connectivity index (χ3n) is 5.61. The van der Waals surface area contributed by atoms with Gasteiger partial charge < -0.3 is 10.2 Å². The van der Waals surface area contributed by atoms with E-state index in [1.165, 1.54) is 4.90 Å². The fraction of sp³-hybridized carbons (Fsp3) is 0.526. The molecule has 1 unspecified atom stereocenters. The summed E-state index contributed by atoms with van der Waals surface area (Å²) in [6, 6.07) is 7.25. The highest BCUT2D eigenvalue weighted by Crippen LogP contribution is 2.23. The van der Waals surface area contributed by atoms with Crippen molar-refractivity contribution >= 4 is 30.1 Å². The highest BCUT2D eigenvalue weighted by atomic mass is 35.5. The number of carbonyl (C=O) groups is 3. The molecule has 0 saturated carbocycles. The van der Waals surface area contributed by atoms with E-state index in [9.17, 15) is 14.4 Å². The number of imide groups is 1. The Morgan fingerprint density at radius 1 is 1.04 bits per heavy atom. The summed E-state index contributed by atoms with van der Waals surface area (Å²) in [6.45, 7) is 5.73. The Morgan fingerprint density at radius 3 is 2.30 bits per heavy atom. The number of amides is 3. The van der Waals surface area contributed by atoms with Crippen molar-refractivity contribution < 1.29 is 14.4 Å². The van der Waals surface area contributed by atoms with Crippen LogP contribution in [0.25, 0.3) is 0 Å². The molecule has 3 amide bonds. The van der Waals surface area contributed by atoms with Crippen molar-refractivity contribution in [2.45, 2.75) is 18.9 Å². The van der Waals surface area contributed by atoms with Crippen LogP contribution in [0.5, 0.6) is 0 Å². The van der Waals surface area contributed by atoms with E-state index in [-0.39, 0.29) is 43.1 Å². The summed E-state index contributed by atoms with van der Waals surface area (Å²) >= 11 is 0. The molecule has 0 radical (unpaired) electrons. The highest BCUT2D eigenvalue weighted by Gasteiger charge is 2.36. The predicted molar refractivity (Wildman–Crippen MR) is 103 cm³/mol. The normalized spacial score (nSPS) is 22.7. The minimum atomic E-state index is -0.293. The van der Waals surface area contributed by atoms with Crippen molar-refractivity contribution in [3.05, 3.63) is 35.4 Å². The number of halogens is 1. The number of fused-ring (bicyclic) bond motifs is 1. The second-order valence-electron chi connectivity index (χ2n) is 7.13. The molecule has 3 heterocycles. The van der Waals surface area contributed by atoms with Gasteiger partial charge in [-0.05, 0) is 18.6 Å². The van der Waals surface area contributed by atoms with Gasteiger partial charge in [0.1, 0.15) is 0 Å². The van der Waals surface area contributed by atoms with Gasteiger partial charge in [0.25, 0.3) is 11.8 Å². The molecule has 0 spiro atoms. The maximum atomic E-state index is 12.6. The first-order valence-corrected chi connectivity index (χ1v) is 9.33. The first-order chi connectivity index (χ1) is 12.6. The molecule has 27 heavy (non-hydrogen) atoms. The number of likely N-dealkylation sites (tertiary alicyclic amines) is 1. The summed E-state index contributed by atoms with van der Waals surface area (Å²) in [5, 5.41) is 3.35. The van der Waals surface area contributed by atoms with E-state index < -0.39 is 0 Å². The summed E-state index contributed by atoms with van der Waals surface area (Å²) in [7, 11) is 0. The Labute approximate surface area is 165 Å². The summed E-state index contributed by atoms with van der Waals surface area (Å²) in [6.07, 6.45) is 1.19. The zero-order valence-corrected chi connectivity index (χ0v) is 16.0. The van der Waals surface area contributed by atoms with E-state index >= 15 is 0 Å². The number of rotatable bonds is 4. The molecule has 4 rings (SSSR count). The van der Waals surface area contributed by atoms with Gasteiger partial charge in [0.05, 0.1) is 11.1 Å². The smallest absolute Gasteiger partial charge is 0.261 e. The number of hydrogen-bond acceptors (Lipinski definition) is 5. The number of hydrogen-bond donors (Lipinski definition) is 1. The Bertz CT molecular complexity index is 700. The van der Waals surface area contributed by atoms with Gasteiger partial charge in [-0.3, -0.25) is 24.2 Å². The Kier molecular flexibility index (Phi) is 6.14. The van der Waals surface area contributed by atoms with Crippen molar-refractivity contribution in [3.63, 3.8) is 0 Å². The molecule has 1 atom stereocenters. The van der Waals surface area contributed by atoms with Crippen molar-refractivity contribution in [1.82, 2.24) is 20.0 Å². The summed E-state index contributed by atoms with van der Waals surface area (Å²) in [5.41, 5.74) is 0.870. The molecular formula is C19H25ClN4O3. The first kappa shape index (κ1) is 19.8. The number of carbonyl (C=O) groups excluding carboxylic acids is 3. The highest BCUT2D eigenvalue weighted by molar-refractivity contribution is 6.21. The average molecular weight is 393 g/mol. The largest absolute Gasteiger partial charge is 0.341 e. The van der Waals surface area contributed by atoms with Crippen LogP contribution in [0.1, 0.15) is 33.6 Å². The van der Waals surface area contributed by atoms with Crippen LogP contribution >= 0.6 is 12.4 Å². The molecule has 1 N–H and O–H groups in total. The Balaban J connectivity index is 0.00000210. The van der Waals surface area contributed by atoms with Crippen LogP contribution in [0.3, 0.4) is 0 Å². The second kappa shape index (κ2) is 8.37. The predicted octanol–water partition coefficient (Wildman–Crippen LogP) is 0.601. The summed E-state index contributed by atoms with van der Waals surface area (Å²) < 4.78 is 0. The standard InChI is InChI=1S/C19H24N4O3.ClH/c24-17(22-9-5-14(13-22)21-11-7-20-8-12-21)6-10-23-18(25)15-3-1-2-4-16(15)19(23)26;/h1-4,14,20H,5-13H2;1H. The lowest BCUT2D eigenvalue weighted by Crippen LogP contribution is -2.49. The molecule has 8 heteroatoms. The summed E-state index contributed by atoms with van der Waals surface area (Å²) in [5.74, 6) is -0.559. The van der Waals surface area contributed by atoms with Gasteiger partial charge in [0.2, 0.25) is 5.91 Å². The average Bonchev–Trinajstić information content (AvgIpc) is 3.26. The van der Waals surface area contributed by atoms with E-state index in [2.05, 4.69) is 10.2 Å². The van der Waals surface area contributed by atoms with Crippen LogP contribution in [0.4, 0.5) is 0 Å². The number of nitrogens with one attached hydrogen (secondary N) is 1. The molecule has 146 valence electrons. The molecule has 0 bridgehead atoms. The monoisotopic (exact) mass is 392 g/mol. The molecule has 3 aliphatic heterocycles. The van der Waals surface area contributed by atoms with Crippen molar-refractivity contribution in [1.29, 1.82) is 0 Å². The molecule has 2 fully saturated rings. The molecule has 7 nitrogen and oxygen atoms in total. The fourth-order valence-corrected chi connectivity index (χ4v) is 4.12. The zero-order chi connectivity index (χ0) is 18.1. The fourth-order valence-electron chi connectivity index (χ4n) is 4.12. The van der Waals surface area contributed by atoms with Gasteiger partial charge in [-0.15, -0.1) is 12.4 Å². The number of nitrogens with zero attached hydrogens (tertiary/aromatic N) is 3. The van der Waals surface area contributed by atoms with Gasteiger partial charge in [-0.1, -0.05) is 12.1 Å². The molecule has 3 aliphatic rings. The van der Waals surface area contributed by atoms with Crippen LogP contribution in [-0.4, -0.2) is 84.3 Å². The second-order valence-corrected chi connectivity index (χ2v) is 7.13. The maximum Gasteiger partial charge on any atom is 0.261 e. The lowest BCUT2D eigenvalue weighted by atomic mass is 10.1. The third kappa shape index (κ3) is 3.85.